The molecule has 0 unspecified atom stereocenters. The normalized spacial score (nSPS) is 10.3. The van der Waals surface area contributed by atoms with Gasteiger partial charge in [0.25, 0.3) is 11.5 Å². The molecule has 0 aliphatic heterocycles. The monoisotopic (exact) mass is 250 g/mol. The van der Waals surface area contributed by atoms with Gasteiger partial charge in [0.2, 0.25) is 0 Å². The van der Waals surface area contributed by atoms with Crippen LogP contribution in [0.5, 0.6) is 0 Å². The molecule has 8 heteroatoms. The van der Waals surface area contributed by atoms with Gasteiger partial charge in [0.15, 0.2) is 11.3 Å². The van der Waals surface area contributed by atoms with Gasteiger partial charge in [-0.2, -0.15) is 0 Å². The molecule has 0 saturated heterocycles. The van der Waals surface area contributed by atoms with Gasteiger partial charge >= 0.3 is 5.97 Å². The van der Waals surface area contributed by atoms with Gasteiger partial charge in [-0.1, -0.05) is 0 Å². The summed E-state index contributed by atoms with van der Waals surface area (Å²) in [5.74, 6) is -1.16. The number of amides is 1. The Hall–Kier alpha value is -2.64. The first-order valence-corrected chi connectivity index (χ1v) is 4.99. The first-order valence-electron chi connectivity index (χ1n) is 4.99. The van der Waals surface area contributed by atoms with E-state index in [4.69, 9.17) is 0 Å². The molecule has 8 nitrogen and oxygen atoms in total. The van der Waals surface area contributed by atoms with E-state index < -0.39 is 17.4 Å². The Morgan fingerprint density at radius 3 is 2.83 bits per heavy atom. The summed E-state index contributed by atoms with van der Waals surface area (Å²) in [6.45, 7) is 0. The maximum atomic E-state index is 11.7. The molecule has 0 atom stereocenters. The molecule has 2 aromatic rings. The number of aromatic amines is 1. The molecule has 2 heterocycles. The van der Waals surface area contributed by atoms with Gasteiger partial charge in [-0.15, -0.1) is 0 Å². The van der Waals surface area contributed by atoms with Gasteiger partial charge < -0.3 is 15.0 Å². The smallest absolute Gasteiger partial charge is 0.354 e. The number of fused-ring (bicyclic) bond motifs is 1. The summed E-state index contributed by atoms with van der Waals surface area (Å²) < 4.78 is 5.64. The second-order valence-corrected chi connectivity index (χ2v) is 3.40. The van der Waals surface area contributed by atoms with Crippen LogP contribution in [0.25, 0.3) is 5.65 Å². The van der Waals surface area contributed by atoms with Crippen molar-refractivity contribution in [3.63, 3.8) is 0 Å². The molecular formula is C10H10N4O4. The van der Waals surface area contributed by atoms with Gasteiger partial charge in [0.05, 0.1) is 7.11 Å². The molecular weight excluding hydrogens is 240 g/mol. The molecule has 0 bridgehead atoms. The van der Waals surface area contributed by atoms with Crippen LogP contribution < -0.4 is 10.9 Å². The topological polar surface area (TPSA) is 106 Å². The summed E-state index contributed by atoms with van der Waals surface area (Å²) in [6.07, 6.45) is 1.21. The standard InChI is InChI=1S/C10H10N4O4/c1-11-9(16)7-8-13-5(10(17)18-2)3-6(15)14(8)4-12-7/h3-4,13H,1-2H3,(H,11,16). The number of carbonyl (C=O) groups is 2. The number of imidazole rings is 1. The fraction of sp³-hybridized carbons (Fsp3) is 0.200. The van der Waals surface area contributed by atoms with Crippen LogP contribution in [0.3, 0.4) is 0 Å². The van der Waals surface area contributed by atoms with Crippen molar-refractivity contribution in [2.75, 3.05) is 14.2 Å². The molecule has 2 rings (SSSR count). The molecule has 94 valence electrons. The average Bonchev–Trinajstić information content (AvgIpc) is 2.81. The van der Waals surface area contributed by atoms with Gasteiger partial charge in [-0.25, -0.2) is 9.78 Å². The Morgan fingerprint density at radius 2 is 2.22 bits per heavy atom. The van der Waals surface area contributed by atoms with Crippen LogP contribution in [0.4, 0.5) is 0 Å². The number of carbonyl (C=O) groups excluding carboxylic acids is 2. The molecule has 2 N–H and O–H groups in total. The van der Waals surface area contributed by atoms with Crippen LogP contribution in [0.2, 0.25) is 0 Å². The lowest BCUT2D eigenvalue weighted by atomic mass is 10.3. The zero-order valence-corrected chi connectivity index (χ0v) is 9.68. The number of esters is 1. The number of rotatable bonds is 2. The SMILES string of the molecule is CNC(=O)c1ncn2c(=O)cc(C(=O)OC)[nH]c12. The lowest BCUT2D eigenvalue weighted by molar-refractivity contribution is 0.0593. The third kappa shape index (κ3) is 1.73. The first kappa shape index (κ1) is 11.8. The summed E-state index contributed by atoms with van der Waals surface area (Å²) in [6, 6.07) is 1.08. The Bertz CT molecular complexity index is 685. The summed E-state index contributed by atoms with van der Waals surface area (Å²) >= 11 is 0. The minimum Gasteiger partial charge on any atom is -0.464 e. The lowest BCUT2D eigenvalue weighted by Crippen LogP contribution is -2.21. The van der Waals surface area contributed by atoms with Crippen molar-refractivity contribution in [1.82, 2.24) is 19.7 Å². The van der Waals surface area contributed by atoms with Crippen molar-refractivity contribution < 1.29 is 14.3 Å². The number of methoxy groups -OCH3 is 1. The number of ether oxygens (including phenoxy) is 1. The lowest BCUT2D eigenvalue weighted by Gasteiger charge is -2.01. The Morgan fingerprint density at radius 1 is 1.50 bits per heavy atom. The first-order chi connectivity index (χ1) is 8.58. The van der Waals surface area contributed by atoms with Gasteiger partial charge in [0.1, 0.15) is 12.0 Å². The molecule has 0 saturated carbocycles. The minimum atomic E-state index is -0.696. The van der Waals surface area contributed by atoms with E-state index in [1.54, 1.807) is 0 Å². The molecule has 0 spiro atoms. The molecule has 1 amide bonds. The van der Waals surface area contributed by atoms with Crippen molar-refractivity contribution in [1.29, 1.82) is 0 Å². The van der Waals surface area contributed by atoms with Gasteiger partial charge in [-0.05, 0) is 0 Å². The van der Waals surface area contributed by atoms with E-state index in [9.17, 15) is 14.4 Å². The second kappa shape index (κ2) is 4.32. The summed E-state index contributed by atoms with van der Waals surface area (Å²) in [5.41, 5.74) is -0.352. The highest BCUT2D eigenvalue weighted by atomic mass is 16.5. The minimum absolute atomic E-state index is 0.0281. The maximum Gasteiger partial charge on any atom is 0.354 e. The molecule has 2 aromatic heterocycles. The predicted octanol–water partition coefficient (Wildman–Crippen LogP) is -0.831. The zero-order chi connectivity index (χ0) is 13.3. The number of hydrogen-bond acceptors (Lipinski definition) is 5. The van der Waals surface area contributed by atoms with Crippen molar-refractivity contribution in [3.05, 3.63) is 34.1 Å². The fourth-order valence-electron chi connectivity index (χ4n) is 1.50. The van der Waals surface area contributed by atoms with Gasteiger partial charge in [0, 0.05) is 13.1 Å². The highest BCUT2D eigenvalue weighted by Gasteiger charge is 2.16. The van der Waals surface area contributed by atoms with Crippen LogP contribution in [0.1, 0.15) is 21.0 Å². The van der Waals surface area contributed by atoms with E-state index in [-0.39, 0.29) is 17.0 Å². The predicted molar refractivity (Wildman–Crippen MR) is 60.5 cm³/mol. The van der Waals surface area contributed by atoms with Crippen molar-refractivity contribution in [3.8, 4) is 0 Å². The average molecular weight is 250 g/mol. The van der Waals surface area contributed by atoms with Crippen molar-refractivity contribution in [2.24, 2.45) is 0 Å². The van der Waals surface area contributed by atoms with Gasteiger partial charge in [-0.3, -0.25) is 14.0 Å². The number of H-pyrrole nitrogens is 1. The van der Waals surface area contributed by atoms with Crippen molar-refractivity contribution in [2.45, 2.75) is 0 Å². The largest absolute Gasteiger partial charge is 0.464 e. The van der Waals surface area contributed by atoms with E-state index in [0.29, 0.717) is 0 Å². The Balaban J connectivity index is 2.72. The molecule has 0 aliphatic carbocycles. The zero-order valence-electron chi connectivity index (χ0n) is 9.68. The van der Waals surface area contributed by atoms with Crippen LogP contribution >= 0.6 is 0 Å². The molecule has 0 aliphatic rings. The Kier molecular flexibility index (Phi) is 2.84. The van der Waals surface area contributed by atoms with E-state index in [1.165, 1.54) is 20.5 Å². The van der Waals surface area contributed by atoms with E-state index in [0.717, 1.165) is 10.5 Å². The third-order valence-corrected chi connectivity index (χ3v) is 2.37. The summed E-state index contributed by atoms with van der Waals surface area (Å²) in [4.78, 5) is 41.1. The molecule has 18 heavy (non-hydrogen) atoms. The van der Waals surface area contributed by atoms with Crippen LogP contribution in [-0.4, -0.2) is 40.4 Å². The van der Waals surface area contributed by atoms with Crippen LogP contribution in [-0.2, 0) is 4.74 Å². The summed E-state index contributed by atoms with van der Waals surface area (Å²) in [5, 5.41) is 2.39. The fourth-order valence-corrected chi connectivity index (χ4v) is 1.50. The van der Waals surface area contributed by atoms with Crippen LogP contribution in [0, 0.1) is 0 Å². The molecule has 0 radical (unpaired) electrons. The van der Waals surface area contributed by atoms with E-state index in [2.05, 4.69) is 20.0 Å². The third-order valence-electron chi connectivity index (χ3n) is 2.37. The second-order valence-electron chi connectivity index (χ2n) is 3.40. The maximum absolute atomic E-state index is 11.7. The summed E-state index contributed by atoms with van der Waals surface area (Å²) in [7, 11) is 2.64. The highest BCUT2D eigenvalue weighted by molar-refractivity contribution is 5.98. The number of hydrogen-bond donors (Lipinski definition) is 2. The highest BCUT2D eigenvalue weighted by Crippen LogP contribution is 2.05. The quantitative estimate of drug-likeness (QED) is 0.677. The van der Waals surface area contributed by atoms with Crippen LogP contribution in [0.15, 0.2) is 17.2 Å². The van der Waals surface area contributed by atoms with E-state index in [1.807, 2.05) is 0 Å². The van der Waals surface area contributed by atoms with E-state index >= 15 is 0 Å². The Labute approximate surface area is 101 Å². The number of aromatic nitrogens is 3. The molecule has 0 fully saturated rings. The molecule has 0 aromatic carbocycles. The number of nitrogens with zero attached hydrogens (tertiary/aromatic N) is 2. The number of nitrogens with one attached hydrogen (secondary N) is 2. The van der Waals surface area contributed by atoms with Crippen molar-refractivity contribution >= 4 is 17.5 Å².